The van der Waals surface area contributed by atoms with Gasteiger partial charge in [-0.15, -0.1) is 0 Å². The van der Waals surface area contributed by atoms with Crippen LogP contribution in [0.5, 0.6) is 5.75 Å². The summed E-state index contributed by atoms with van der Waals surface area (Å²) in [7, 11) is 1.67. The molecule has 3 rings (SSSR count). The van der Waals surface area contributed by atoms with E-state index >= 15 is 0 Å². The topological polar surface area (TPSA) is 54.6 Å². The maximum Gasteiger partial charge on any atom is 0.197 e. The first-order chi connectivity index (χ1) is 9.79. The van der Waals surface area contributed by atoms with E-state index in [4.69, 9.17) is 10.5 Å². The smallest absolute Gasteiger partial charge is 0.197 e. The lowest BCUT2D eigenvalue weighted by Crippen LogP contribution is -2.46. The molecule has 0 saturated carbocycles. The van der Waals surface area contributed by atoms with Crippen LogP contribution >= 0.6 is 11.5 Å². The molecule has 2 saturated heterocycles. The van der Waals surface area contributed by atoms with Gasteiger partial charge in [-0.1, -0.05) is 6.42 Å². The van der Waals surface area contributed by atoms with Gasteiger partial charge in [-0.2, -0.15) is 4.37 Å². The van der Waals surface area contributed by atoms with Gasteiger partial charge >= 0.3 is 0 Å². The lowest BCUT2D eigenvalue weighted by Gasteiger charge is -2.40. The summed E-state index contributed by atoms with van der Waals surface area (Å²) in [5.41, 5.74) is 5.84. The first-order valence-electron chi connectivity index (χ1n) is 7.57. The minimum absolute atomic E-state index is 0.519. The van der Waals surface area contributed by atoms with Gasteiger partial charge in [0.1, 0.15) is 0 Å². The molecule has 0 unspecified atom stereocenters. The highest BCUT2D eigenvalue weighted by Crippen LogP contribution is 2.39. The van der Waals surface area contributed by atoms with Crippen molar-refractivity contribution in [3.8, 4) is 5.75 Å². The second kappa shape index (κ2) is 6.18. The van der Waals surface area contributed by atoms with E-state index < -0.39 is 0 Å². The summed E-state index contributed by atoms with van der Waals surface area (Å²) in [6.45, 7) is 4.75. The summed E-state index contributed by atoms with van der Waals surface area (Å²) >= 11 is 1.46. The van der Waals surface area contributed by atoms with Gasteiger partial charge in [-0.25, -0.2) is 0 Å². The molecule has 2 fully saturated rings. The van der Waals surface area contributed by atoms with Crippen LogP contribution in [0.25, 0.3) is 0 Å². The summed E-state index contributed by atoms with van der Waals surface area (Å²) in [4.78, 5) is 5.08. The van der Waals surface area contributed by atoms with Crippen molar-refractivity contribution < 1.29 is 4.74 Å². The molecule has 5 nitrogen and oxygen atoms in total. The number of nitrogens with two attached hydrogens (primary N) is 1. The quantitative estimate of drug-likeness (QED) is 0.926. The molecule has 2 aliphatic heterocycles. The summed E-state index contributed by atoms with van der Waals surface area (Å²) in [5.74, 6) is 1.28. The second-order valence-corrected chi connectivity index (χ2v) is 6.47. The van der Waals surface area contributed by atoms with Crippen molar-refractivity contribution in [2.45, 2.75) is 38.1 Å². The van der Waals surface area contributed by atoms with Gasteiger partial charge in [0.15, 0.2) is 16.6 Å². The minimum atomic E-state index is 0.519. The van der Waals surface area contributed by atoms with Gasteiger partial charge in [0.25, 0.3) is 0 Å². The molecule has 0 aromatic carbocycles. The van der Waals surface area contributed by atoms with Crippen molar-refractivity contribution in [2.75, 3.05) is 43.9 Å². The predicted octanol–water partition coefficient (Wildman–Crippen LogP) is 2.19. The highest BCUT2D eigenvalue weighted by atomic mass is 32.1. The molecule has 0 atom stereocenters. The first-order valence-corrected chi connectivity index (χ1v) is 8.35. The Kier molecular flexibility index (Phi) is 4.31. The van der Waals surface area contributed by atoms with E-state index in [1.165, 1.54) is 56.7 Å². The third-order valence-corrected chi connectivity index (χ3v) is 5.42. The zero-order valence-corrected chi connectivity index (χ0v) is 13.0. The van der Waals surface area contributed by atoms with Gasteiger partial charge in [-0.3, -0.25) is 0 Å². The average molecular weight is 296 g/mol. The summed E-state index contributed by atoms with van der Waals surface area (Å²) in [5, 5.41) is 1.10. The molecule has 3 heterocycles. The average Bonchev–Trinajstić information content (AvgIpc) is 2.89. The molecule has 0 radical (unpaired) electrons. The summed E-state index contributed by atoms with van der Waals surface area (Å²) in [6.07, 6.45) is 6.63. The predicted molar refractivity (Wildman–Crippen MR) is 83.7 cm³/mol. The van der Waals surface area contributed by atoms with Crippen LogP contribution in [0.2, 0.25) is 0 Å². The Morgan fingerprint density at radius 2 is 1.85 bits per heavy atom. The van der Waals surface area contributed by atoms with Crippen molar-refractivity contribution in [3.63, 3.8) is 0 Å². The van der Waals surface area contributed by atoms with E-state index in [1.54, 1.807) is 7.11 Å². The van der Waals surface area contributed by atoms with Crippen LogP contribution < -0.4 is 15.4 Å². The van der Waals surface area contributed by atoms with Gasteiger partial charge in [0.2, 0.25) is 0 Å². The molecule has 0 amide bonds. The Morgan fingerprint density at radius 1 is 1.15 bits per heavy atom. The van der Waals surface area contributed by atoms with Crippen LogP contribution in [0.1, 0.15) is 32.1 Å². The fraction of sp³-hybridized carbons (Fsp3) is 0.786. The van der Waals surface area contributed by atoms with Crippen molar-refractivity contribution in [1.82, 2.24) is 9.27 Å². The number of ether oxygens (including phenoxy) is 1. The highest BCUT2D eigenvalue weighted by Gasteiger charge is 2.28. The van der Waals surface area contributed by atoms with Crippen molar-refractivity contribution in [2.24, 2.45) is 0 Å². The minimum Gasteiger partial charge on any atom is -0.490 e. The summed E-state index contributed by atoms with van der Waals surface area (Å²) < 4.78 is 9.60. The van der Waals surface area contributed by atoms with Gasteiger partial charge < -0.3 is 20.3 Å². The number of likely N-dealkylation sites (tertiary alicyclic amines) is 1. The van der Waals surface area contributed by atoms with E-state index in [0.717, 1.165) is 29.9 Å². The number of hydrogen-bond donors (Lipinski definition) is 1. The lowest BCUT2D eigenvalue weighted by atomic mass is 10.00. The molecule has 0 bridgehead atoms. The number of aromatic nitrogens is 1. The van der Waals surface area contributed by atoms with E-state index in [-0.39, 0.29) is 0 Å². The maximum absolute atomic E-state index is 5.84. The van der Waals surface area contributed by atoms with E-state index in [2.05, 4.69) is 14.2 Å². The van der Waals surface area contributed by atoms with Crippen molar-refractivity contribution in [1.29, 1.82) is 0 Å². The molecule has 20 heavy (non-hydrogen) atoms. The molecule has 1 aromatic heterocycles. The molecule has 2 N–H and O–H groups in total. The summed E-state index contributed by atoms with van der Waals surface area (Å²) in [6, 6.07) is 0.766. The van der Waals surface area contributed by atoms with Crippen LogP contribution in [0, 0.1) is 0 Å². The number of methoxy groups -OCH3 is 1. The number of nitrogens with zero attached hydrogens (tertiary/aromatic N) is 3. The lowest BCUT2D eigenvalue weighted by molar-refractivity contribution is 0.141. The van der Waals surface area contributed by atoms with Gasteiger partial charge in [0.05, 0.1) is 7.11 Å². The van der Waals surface area contributed by atoms with E-state index in [0.29, 0.717) is 5.82 Å². The third kappa shape index (κ3) is 2.72. The fourth-order valence-electron chi connectivity index (χ4n) is 3.40. The molecular formula is C14H24N4OS. The normalized spacial score (nSPS) is 22.1. The number of nitrogen functional groups attached to an aromatic ring is 1. The van der Waals surface area contributed by atoms with Crippen LogP contribution in [-0.2, 0) is 0 Å². The standard InChI is InChI=1S/C14H24N4OS/c1-19-12-13(15)16-20-14(12)18-9-5-11(6-10-18)17-7-3-2-4-8-17/h11H,2-10H2,1H3,(H2,15,16). The number of anilines is 2. The molecule has 0 aliphatic carbocycles. The van der Waals surface area contributed by atoms with Crippen molar-refractivity contribution in [3.05, 3.63) is 0 Å². The SMILES string of the molecule is COc1c(N)nsc1N1CCC(N2CCCCC2)CC1. The first kappa shape index (κ1) is 13.9. The van der Waals surface area contributed by atoms with Gasteiger partial charge in [0, 0.05) is 19.1 Å². The van der Waals surface area contributed by atoms with Crippen LogP contribution in [0.3, 0.4) is 0 Å². The Labute approximate surface area is 124 Å². The molecule has 112 valence electrons. The Hall–Kier alpha value is -1.01. The second-order valence-electron chi connectivity index (χ2n) is 5.72. The molecule has 2 aliphatic rings. The third-order valence-electron chi connectivity index (χ3n) is 4.52. The van der Waals surface area contributed by atoms with Crippen LogP contribution in [0.15, 0.2) is 0 Å². The van der Waals surface area contributed by atoms with Crippen molar-refractivity contribution >= 4 is 22.4 Å². The molecule has 6 heteroatoms. The Bertz CT molecular complexity index is 436. The zero-order valence-electron chi connectivity index (χ0n) is 12.2. The number of rotatable bonds is 3. The zero-order chi connectivity index (χ0) is 13.9. The molecule has 1 aromatic rings. The Morgan fingerprint density at radius 3 is 2.50 bits per heavy atom. The van der Waals surface area contributed by atoms with Gasteiger partial charge in [-0.05, 0) is 50.3 Å². The number of piperidine rings is 2. The fourth-order valence-corrected chi connectivity index (χ4v) is 4.23. The highest BCUT2D eigenvalue weighted by molar-refractivity contribution is 7.11. The Balaban J connectivity index is 1.60. The number of hydrogen-bond acceptors (Lipinski definition) is 6. The van der Waals surface area contributed by atoms with Crippen LogP contribution in [0.4, 0.5) is 10.8 Å². The molecular weight excluding hydrogens is 272 g/mol. The largest absolute Gasteiger partial charge is 0.490 e. The van der Waals surface area contributed by atoms with E-state index in [9.17, 15) is 0 Å². The van der Waals surface area contributed by atoms with Crippen LogP contribution in [-0.4, -0.2) is 48.6 Å². The maximum atomic E-state index is 5.84. The molecule has 0 spiro atoms. The monoisotopic (exact) mass is 296 g/mol. The van der Waals surface area contributed by atoms with E-state index in [1.807, 2.05) is 0 Å².